The second-order valence-electron chi connectivity index (χ2n) is 5.89. The van der Waals surface area contributed by atoms with E-state index in [1.807, 2.05) is 13.8 Å². The molecular formula is C12H16F2N4O2S. The second kappa shape index (κ2) is 5.13. The van der Waals surface area contributed by atoms with Crippen LogP contribution in [0.3, 0.4) is 0 Å². The van der Waals surface area contributed by atoms with E-state index in [1.54, 1.807) is 0 Å². The zero-order valence-corrected chi connectivity index (χ0v) is 12.4. The summed E-state index contributed by atoms with van der Waals surface area (Å²) < 4.78 is 30.5. The van der Waals surface area contributed by atoms with Gasteiger partial charge in [-0.15, -0.1) is 10.2 Å². The summed E-state index contributed by atoms with van der Waals surface area (Å²) >= 11 is 0.672. The van der Waals surface area contributed by atoms with Crippen LogP contribution in [0.4, 0.5) is 18.7 Å². The number of hydrogen-bond donors (Lipinski definition) is 2. The van der Waals surface area contributed by atoms with E-state index in [4.69, 9.17) is 4.74 Å². The molecule has 2 aliphatic rings. The maximum atomic E-state index is 12.4. The van der Waals surface area contributed by atoms with E-state index in [0.717, 1.165) is 6.42 Å². The van der Waals surface area contributed by atoms with E-state index in [0.29, 0.717) is 23.9 Å². The minimum Gasteiger partial charge on any atom is -0.377 e. The molecule has 116 valence electrons. The van der Waals surface area contributed by atoms with Crippen molar-refractivity contribution in [2.24, 2.45) is 11.3 Å². The molecule has 2 heterocycles. The molecule has 0 radical (unpaired) electrons. The van der Waals surface area contributed by atoms with Gasteiger partial charge in [0.1, 0.15) is 0 Å². The normalized spacial score (nSPS) is 29.9. The highest BCUT2D eigenvalue weighted by molar-refractivity contribution is 7.15. The van der Waals surface area contributed by atoms with Crippen molar-refractivity contribution in [2.45, 2.75) is 38.8 Å². The quantitative estimate of drug-likeness (QED) is 0.897. The number of hydrogen-bond acceptors (Lipinski definition) is 5. The Bertz CT molecular complexity index is 551. The van der Waals surface area contributed by atoms with E-state index < -0.39 is 17.5 Å². The number of amides is 2. The molecule has 0 bridgehead atoms. The Hall–Kier alpha value is -1.35. The van der Waals surface area contributed by atoms with Gasteiger partial charge in [0.25, 0.3) is 6.43 Å². The summed E-state index contributed by atoms with van der Waals surface area (Å²) in [6.07, 6.45) is -1.58. The van der Waals surface area contributed by atoms with Gasteiger partial charge in [-0.3, -0.25) is 5.32 Å². The summed E-state index contributed by atoms with van der Waals surface area (Å²) in [5, 5.41) is 11.8. The Morgan fingerprint density at radius 1 is 1.48 bits per heavy atom. The Morgan fingerprint density at radius 3 is 2.90 bits per heavy atom. The minimum absolute atomic E-state index is 0.00694. The number of nitrogens with zero attached hydrogens (tertiary/aromatic N) is 2. The molecule has 2 N–H and O–H groups in total. The number of ether oxygens (including phenoxy) is 1. The van der Waals surface area contributed by atoms with Crippen LogP contribution >= 0.6 is 11.3 Å². The van der Waals surface area contributed by atoms with Gasteiger partial charge in [0.15, 0.2) is 5.01 Å². The molecular weight excluding hydrogens is 302 g/mol. The zero-order chi connectivity index (χ0) is 15.2. The van der Waals surface area contributed by atoms with E-state index in [2.05, 4.69) is 20.8 Å². The first-order valence-corrected chi connectivity index (χ1v) is 7.52. The molecule has 21 heavy (non-hydrogen) atoms. The molecule has 2 amide bonds. The highest BCUT2D eigenvalue weighted by Crippen LogP contribution is 2.52. The third-order valence-electron chi connectivity index (χ3n) is 4.23. The van der Waals surface area contributed by atoms with Crippen LogP contribution in [0, 0.1) is 11.3 Å². The highest BCUT2D eigenvalue weighted by atomic mass is 32.1. The molecule has 1 aromatic rings. The minimum atomic E-state index is -2.68. The number of fused-ring (bicyclic) bond motifs is 1. The SMILES string of the molecule is CC1(C)[C@H](NC(=O)Nc2nnc(C(F)F)s2)[C@H]2CCO[C@H]21. The standard InChI is InChI=1S/C12H16F2N4O2S/c1-12(2)6(5-3-4-20-7(5)12)15-10(19)16-11-18-17-9(21-11)8(13)14/h5-8H,3-4H2,1-2H3,(H2,15,16,18,19)/t5-,6-,7-/m1/s1. The average Bonchev–Trinajstić information content (AvgIpc) is 3.03. The first-order chi connectivity index (χ1) is 9.89. The largest absolute Gasteiger partial charge is 0.377 e. The predicted molar refractivity (Wildman–Crippen MR) is 72.4 cm³/mol. The van der Waals surface area contributed by atoms with Crippen molar-refractivity contribution in [3.8, 4) is 0 Å². The van der Waals surface area contributed by atoms with Gasteiger partial charge in [0.05, 0.1) is 6.10 Å². The van der Waals surface area contributed by atoms with E-state index in [1.165, 1.54) is 0 Å². The molecule has 0 unspecified atom stereocenters. The highest BCUT2D eigenvalue weighted by Gasteiger charge is 2.59. The number of rotatable bonds is 3. The van der Waals surface area contributed by atoms with Gasteiger partial charge in [0, 0.05) is 24.0 Å². The summed E-state index contributed by atoms with van der Waals surface area (Å²) in [5.74, 6) is 0.316. The van der Waals surface area contributed by atoms with Crippen molar-refractivity contribution in [1.29, 1.82) is 0 Å². The fourth-order valence-electron chi connectivity index (χ4n) is 3.26. The molecule has 1 aliphatic carbocycles. The van der Waals surface area contributed by atoms with Crippen LogP contribution in [-0.4, -0.2) is 35.0 Å². The average molecular weight is 318 g/mol. The van der Waals surface area contributed by atoms with Gasteiger partial charge in [-0.05, 0) is 6.42 Å². The summed E-state index contributed by atoms with van der Waals surface area (Å²) in [5.41, 5.74) is -0.131. The maximum absolute atomic E-state index is 12.4. The number of nitrogens with one attached hydrogen (secondary N) is 2. The number of aromatic nitrogens is 2. The molecule has 3 atom stereocenters. The summed E-state index contributed by atoms with van der Waals surface area (Å²) in [6.45, 7) is 4.81. The first-order valence-electron chi connectivity index (χ1n) is 6.70. The molecule has 3 rings (SSSR count). The van der Waals surface area contributed by atoms with Gasteiger partial charge in [-0.25, -0.2) is 13.6 Å². The van der Waals surface area contributed by atoms with Crippen LogP contribution in [0.15, 0.2) is 0 Å². The topological polar surface area (TPSA) is 76.1 Å². The number of urea groups is 1. The van der Waals surface area contributed by atoms with Crippen LogP contribution in [-0.2, 0) is 4.74 Å². The lowest BCUT2D eigenvalue weighted by Crippen LogP contribution is -2.67. The zero-order valence-electron chi connectivity index (χ0n) is 11.6. The smallest absolute Gasteiger partial charge is 0.321 e. The van der Waals surface area contributed by atoms with Gasteiger partial charge < -0.3 is 10.1 Å². The fraction of sp³-hybridized carbons (Fsp3) is 0.750. The van der Waals surface area contributed by atoms with Crippen LogP contribution in [0.5, 0.6) is 0 Å². The Morgan fingerprint density at radius 2 is 2.24 bits per heavy atom. The van der Waals surface area contributed by atoms with Gasteiger partial charge >= 0.3 is 6.03 Å². The van der Waals surface area contributed by atoms with Gasteiger partial charge in [-0.1, -0.05) is 25.2 Å². The fourth-order valence-corrected chi connectivity index (χ4v) is 3.86. The molecule has 0 spiro atoms. The van der Waals surface area contributed by atoms with Crippen molar-refractivity contribution in [1.82, 2.24) is 15.5 Å². The molecule has 1 aliphatic heterocycles. The Labute approximate surface area is 124 Å². The third-order valence-corrected chi connectivity index (χ3v) is 5.08. The molecule has 9 heteroatoms. The van der Waals surface area contributed by atoms with Crippen LogP contribution in [0.2, 0.25) is 0 Å². The monoisotopic (exact) mass is 318 g/mol. The molecule has 1 saturated heterocycles. The molecule has 2 fully saturated rings. The number of carbonyl (C=O) groups excluding carboxylic acids is 1. The van der Waals surface area contributed by atoms with E-state index >= 15 is 0 Å². The lowest BCUT2D eigenvalue weighted by molar-refractivity contribution is -0.107. The summed E-state index contributed by atoms with van der Waals surface area (Å²) in [7, 11) is 0. The number of anilines is 1. The number of carbonyl (C=O) groups is 1. The molecule has 1 saturated carbocycles. The van der Waals surface area contributed by atoms with Crippen molar-refractivity contribution < 1.29 is 18.3 Å². The van der Waals surface area contributed by atoms with Crippen LogP contribution in [0.25, 0.3) is 0 Å². The van der Waals surface area contributed by atoms with Crippen LogP contribution < -0.4 is 10.6 Å². The lowest BCUT2D eigenvalue weighted by atomic mass is 9.57. The molecule has 0 aromatic carbocycles. The summed E-state index contributed by atoms with van der Waals surface area (Å²) in [6, 6.07) is -0.442. The third kappa shape index (κ3) is 2.48. The van der Waals surface area contributed by atoms with Gasteiger partial charge in [-0.2, -0.15) is 0 Å². The maximum Gasteiger partial charge on any atom is 0.321 e. The second-order valence-corrected chi connectivity index (χ2v) is 6.90. The van der Waals surface area contributed by atoms with Crippen molar-refractivity contribution in [2.75, 3.05) is 11.9 Å². The van der Waals surface area contributed by atoms with E-state index in [9.17, 15) is 13.6 Å². The Balaban J connectivity index is 1.59. The number of alkyl halides is 2. The molecule has 6 nitrogen and oxygen atoms in total. The molecule has 1 aromatic heterocycles. The predicted octanol–water partition coefficient (Wildman–Crippen LogP) is 2.41. The van der Waals surface area contributed by atoms with Gasteiger partial charge in [0.2, 0.25) is 5.13 Å². The van der Waals surface area contributed by atoms with E-state index in [-0.39, 0.29) is 22.7 Å². The number of halogens is 2. The summed E-state index contributed by atoms with van der Waals surface area (Å²) in [4.78, 5) is 12.0. The van der Waals surface area contributed by atoms with Crippen molar-refractivity contribution in [3.63, 3.8) is 0 Å². The van der Waals surface area contributed by atoms with Crippen LogP contribution in [0.1, 0.15) is 31.7 Å². The lowest BCUT2D eigenvalue weighted by Gasteiger charge is -2.54. The first kappa shape index (κ1) is 14.6. The van der Waals surface area contributed by atoms with Crippen molar-refractivity contribution >= 4 is 22.5 Å². The Kier molecular flexibility index (Phi) is 3.56. The van der Waals surface area contributed by atoms with Crippen molar-refractivity contribution in [3.05, 3.63) is 5.01 Å².